The lowest BCUT2D eigenvalue weighted by Gasteiger charge is -2.33. The first kappa shape index (κ1) is 17.5. The standard InChI is InChI=1S/C19H25N3O3/c1-25-17-4-2-3-15(13-17)5-8-19(24)22-11-9-21(10-12-22)14-18(23)20-16-6-7-16/h2-5,8,13,16H,6-7,9-12,14H2,1H3,(H,20,23)/b8-5+. The minimum Gasteiger partial charge on any atom is -0.497 e. The molecule has 1 aliphatic carbocycles. The summed E-state index contributed by atoms with van der Waals surface area (Å²) in [6.45, 7) is 3.20. The van der Waals surface area contributed by atoms with Gasteiger partial charge in [0.25, 0.3) is 0 Å². The average molecular weight is 343 g/mol. The highest BCUT2D eigenvalue weighted by atomic mass is 16.5. The van der Waals surface area contributed by atoms with Crippen molar-refractivity contribution in [1.82, 2.24) is 15.1 Å². The van der Waals surface area contributed by atoms with Crippen molar-refractivity contribution in [2.24, 2.45) is 0 Å². The molecule has 0 unspecified atom stereocenters. The van der Waals surface area contributed by atoms with Crippen LogP contribution in [0, 0.1) is 0 Å². The van der Waals surface area contributed by atoms with Gasteiger partial charge in [0, 0.05) is 38.3 Å². The van der Waals surface area contributed by atoms with Gasteiger partial charge in [0.1, 0.15) is 5.75 Å². The Kier molecular flexibility index (Phi) is 5.71. The fourth-order valence-corrected chi connectivity index (χ4v) is 2.85. The smallest absolute Gasteiger partial charge is 0.246 e. The molecule has 6 nitrogen and oxygen atoms in total. The van der Waals surface area contributed by atoms with Crippen LogP contribution in [0.5, 0.6) is 5.75 Å². The zero-order chi connectivity index (χ0) is 17.6. The van der Waals surface area contributed by atoms with E-state index in [0.29, 0.717) is 25.7 Å². The van der Waals surface area contributed by atoms with Crippen molar-refractivity contribution in [2.45, 2.75) is 18.9 Å². The summed E-state index contributed by atoms with van der Waals surface area (Å²) in [6.07, 6.45) is 5.62. The number of piperazine rings is 1. The summed E-state index contributed by atoms with van der Waals surface area (Å²) in [7, 11) is 1.62. The molecule has 1 aromatic carbocycles. The van der Waals surface area contributed by atoms with Gasteiger partial charge in [-0.3, -0.25) is 14.5 Å². The zero-order valence-electron chi connectivity index (χ0n) is 14.6. The maximum absolute atomic E-state index is 12.3. The SMILES string of the molecule is COc1cccc(/C=C/C(=O)N2CCN(CC(=O)NC3CC3)CC2)c1. The highest BCUT2D eigenvalue weighted by Crippen LogP contribution is 2.18. The average Bonchev–Trinajstić information content (AvgIpc) is 3.44. The molecule has 0 bridgehead atoms. The third-order valence-electron chi connectivity index (χ3n) is 4.51. The molecule has 6 heteroatoms. The van der Waals surface area contributed by atoms with Crippen LogP contribution in [-0.4, -0.2) is 67.5 Å². The Morgan fingerprint density at radius 2 is 2.00 bits per heavy atom. The van der Waals surface area contributed by atoms with E-state index in [1.54, 1.807) is 19.3 Å². The number of hydrogen-bond acceptors (Lipinski definition) is 4. The first-order valence-corrected chi connectivity index (χ1v) is 8.77. The lowest BCUT2D eigenvalue weighted by atomic mass is 10.2. The normalized spacial score (nSPS) is 18.4. The summed E-state index contributed by atoms with van der Waals surface area (Å²) in [5.41, 5.74) is 0.933. The number of nitrogens with zero attached hydrogens (tertiary/aromatic N) is 2. The first-order chi connectivity index (χ1) is 12.1. The second-order valence-corrected chi connectivity index (χ2v) is 6.55. The molecule has 3 rings (SSSR count). The van der Waals surface area contributed by atoms with Gasteiger partial charge >= 0.3 is 0 Å². The van der Waals surface area contributed by atoms with Crippen LogP contribution in [0.15, 0.2) is 30.3 Å². The second-order valence-electron chi connectivity index (χ2n) is 6.55. The molecule has 0 radical (unpaired) electrons. The Bertz CT molecular complexity index is 647. The quantitative estimate of drug-likeness (QED) is 0.787. The van der Waals surface area contributed by atoms with Gasteiger partial charge < -0.3 is 15.0 Å². The summed E-state index contributed by atoms with van der Waals surface area (Å²) >= 11 is 0. The van der Waals surface area contributed by atoms with E-state index in [9.17, 15) is 9.59 Å². The Hall–Kier alpha value is -2.34. The summed E-state index contributed by atoms with van der Waals surface area (Å²) in [6, 6.07) is 7.99. The number of benzene rings is 1. The summed E-state index contributed by atoms with van der Waals surface area (Å²) in [5, 5.41) is 3.00. The topological polar surface area (TPSA) is 61.9 Å². The van der Waals surface area contributed by atoms with E-state index < -0.39 is 0 Å². The molecule has 2 aliphatic rings. The Balaban J connectivity index is 1.44. The predicted octanol–water partition coefficient (Wildman–Crippen LogP) is 1.13. The molecule has 1 saturated carbocycles. The Morgan fingerprint density at radius 3 is 2.68 bits per heavy atom. The van der Waals surface area contributed by atoms with E-state index in [-0.39, 0.29) is 11.8 Å². The van der Waals surface area contributed by atoms with E-state index in [4.69, 9.17) is 4.74 Å². The van der Waals surface area contributed by atoms with Gasteiger partial charge in [-0.2, -0.15) is 0 Å². The van der Waals surface area contributed by atoms with Crippen LogP contribution in [0.2, 0.25) is 0 Å². The molecule has 25 heavy (non-hydrogen) atoms. The number of ether oxygens (including phenoxy) is 1. The van der Waals surface area contributed by atoms with Gasteiger partial charge in [-0.1, -0.05) is 12.1 Å². The van der Waals surface area contributed by atoms with Crippen molar-refractivity contribution in [3.63, 3.8) is 0 Å². The van der Waals surface area contributed by atoms with E-state index in [1.165, 1.54) is 0 Å². The van der Waals surface area contributed by atoms with Crippen molar-refractivity contribution >= 4 is 17.9 Å². The van der Waals surface area contributed by atoms with Gasteiger partial charge in [-0.15, -0.1) is 0 Å². The summed E-state index contributed by atoms with van der Waals surface area (Å²) in [4.78, 5) is 28.1. The molecule has 1 aliphatic heterocycles. The number of hydrogen-bond donors (Lipinski definition) is 1. The van der Waals surface area contributed by atoms with E-state index in [0.717, 1.165) is 37.2 Å². The molecule has 2 amide bonds. The van der Waals surface area contributed by atoms with Crippen LogP contribution in [0.25, 0.3) is 6.08 Å². The fraction of sp³-hybridized carbons (Fsp3) is 0.474. The predicted molar refractivity (Wildman–Crippen MR) is 96.2 cm³/mol. The van der Waals surface area contributed by atoms with E-state index >= 15 is 0 Å². The second kappa shape index (κ2) is 8.16. The van der Waals surface area contributed by atoms with Crippen molar-refractivity contribution in [3.05, 3.63) is 35.9 Å². The lowest BCUT2D eigenvalue weighted by Crippen LogP contribution is -2.51. The number of rotatable bonds is 6. The zero-order valence-corrected chi connectivity index (χ0v) is 14.6. The van der Waals surface area contributed by atoms with E-state index in [1.807, 2.05) is 29.2 Å². The molecule has 0 atom stereocenters. The molecule has 0 aromatic heterocycles. The maximum atomic E-state index is 12.3. The van der Waals surface area contributed by atoms with Crippen LogP contribution in [-0.2, 0) is 9.59 Å². The minimum absolute atomic E-state index is 0.00454. The van der Waals surface area contributed by atoms with Gasteiger partial charge in [-0.25, -0.2) is 0 Å². The van der Waals surface area contributed by atoms with Crippen molar-refractivity contribution < 1.29 is 14.3 Å². The van der Waals surface area contributed by atoms with Crippen molar-refractivity contribution in [1.29, 1.82) is 0 Å². The third kappa shape index (κ3) is 5.32. The third-order valence-corrected chi connectivity index (χ3v) is 4.51. The molecular weight excluding hydrogens is 318 g/mol. The van der Waals surface area contributed by atoms with Crippen LogP contribution >= 0.6 is 0 Å². The van der Waals surface area contributed by atoms with Gasteiger partial charge in [0.2, 0.25) is 11.8 Å². The molecule has 1 aromatic rings. The largest absolute Gasteiger partial charge is 0.497 e. The molecule has 1 saturated heterocycles. The van der Waals surface area contributed by atoms with Crippen LogP contribution in [0.4, 0.5) is 0 Å². The Morgan fingerprint density at radius 1 is 1.24 bits per heavy atom. The molecule has 0 spiro atoms. The molecule has 2 fully saturated rings. The highest BCUT2D eigenvalue weighted by Gasteiger charge is 2.25. The molecular formula is C19H25N3O3. The monoisotopic (exact) mass is 343 g/mol. The summed E-state index contributed by atoms with van der Waals surface area (Å²) < 4.78 is 5.18. The Labute approximate surface area is 148 Å². The molecule has 1 heterocycles. The lowest BCUT2D eigenvalue weighted by molar-refractivity contribution is -0.128. The van der Waals surface area contributed by atoms with Gasteiger partial charge in [0.05, 0.1) is 13.7 Å². The number of nitrogens with one attached hydrogen (secondary N) is 1. The number of carbonyl (C=O) groups is 2. The molecule has 1 N–H and O–H groups in total. The number of amides is 2. The summed E-state index contributed by atoms with van der Waals surface area (Å²) in [5.74, 6) is 0.873. The van der Waals surface area contributed by atoms with Gasteiger partial charge in [-0.05, 0) is 36.6 Å². The molecule has 134 valence electrons. The maximum Gasteiger partial charge on any atom is 0.246 e. The number of methoxy groups -OCH3 is 1. The van der Waals surface area contributed by atoms with Crippen LogP contribution in [0.1, 0.15) is 18.4 Å². The number of carbonyl (C=O) groups excluding carboxylic acids is 2. The van der Waals surface area contributed by atoms with E-state index in [2.05, 4.69) is 10.2 Å². The van der Waals surface area contributed by atoms with Crippen molar-refractivity contribution in [2.75, 3.05) is 39.8 Å². The van der Waals surface area contributed by atoms with Crippen LogP contribution < -0.4 is 10.1 Å². The van der Waals surface area contributed by atoms with Crippen molar-refractivity contribution in [3.8, 4) is 5.75 Å². The first-order valence-electron chi connectivity index (χ1n) is 8.77. The highest BCUT2D eigenvalue weighted by molar-refractivity contribution is 5.92. The van der Waals surface area contributed by atoms with Gasteiger partial charge in [0.15, 0.2) is 0 Å². The minimum atomic E-state index is 0.00454. The fourth-order valence-electron chi connectivity index (χ4n) is 2.85. The van der Waals surface area contributed by atoms with Crippen LogP contribution in [0.3, 0.4) is 0 Å².